The molecule has 0 aromatic heterocycles. The van der Waals surface area contributed by atoms with Crippen molar-refractivity contribution < 1.29 is 0 Å². The van der Waals surface area contributed by atoms with Crippen LogP contribution < -0.4 is 5.32 Å². The topological polar surface area (TPSA) is 27.6 Å². The highest BCUT2D eigenvalue weighted by molar-refractivity contribution is 14.0. The van der Waals surface area contributed by atoms with Crippen LogP contribution in [0.4, 0.5) is 0 Å². The lowest BCUT2D eigenvalue weighted by molar-refractivity contribution is 0.467. The Morgan fingerprint density at radius 2 is 2.00 bits per heavy atom. The molecule has 0 fully saturated rings. The molecular weight excluding hydrogens is 385 g/mol. The molecule has 1 atom stereocenters. The molecule has 0 aliphatic rings. The number of aliphatic imine (C=N–C) groups is 1. The summed E-state index contributed by atoms with van der Waals surface area (Å²) in [6.07, 6.45) is 4.11. The molecule has 1 aromatic carbocycles. The normalized spacial score (nSPS) is 12.3. The van der Waals surface area contributed by atoms with E-state index in [9.17, 15) is 0 Å². The molecule has 0 spiro atoms. The van der Waals surface area contributed by atoms with Gasteiger partial charge in [-0.05, 0) is 31.2 Å². The zero-order valence-electron chi connectivity index (χ0n) is 14.3. The second kappa shape index (κ2) is 11.5. The molecule has 0 saturated carbocycles. The number of benzene rings is 1. The lowest BCUT2D eigenvalue weighted by atomic mass is 10.0. The number of aryl methyl sites for hydroxylation is 1. The van der Waals surface area contributed by atoms with Crippen molar-refractivity contribution in [3.63, 3.8) is 0 Å². The standard InChI is InChI=1S/C18H29N3.HI/c1-6-7-8-13-21(5)18(19-4)20-14-16(3)17-11-9-15(2)10-12-17;/h6,9-12,16H,1,7-8,13-14H2,2-5H3,(H,19,20);1H. The van der Waals surface area contributed by atoms with Gasteiger partial charge in [-0.3, -0.25) is 4.99 Å². The number of nitrogens with one attached hydrogen (secondary N) is 1. The second-order valence-electron chi connectivity index (χ2n) is 5.59. The third-order valence-electron chi connectivity index (χ3n) is 3.69. The largest absolute Gasteiger partial charge is 0.356 e. The maximum absolute atomic E-state index is 4.35. The van der Waals surface area contributed by atoms with Crippen LogP contribution in [-0.2, 0) is 0 Å². The van der Waals surface area contributed by atoms with Gasteiger partial charge < -0.3 is 10.2 Å². The molecular formula is C18H30IN3. The Bertz CT molecular complexity index is 454. The quantitative estimate of drug-likeness (QED) is 0.238. The van der Waals surface area contributed by atoms with Crippen LogP contribution in [0, 0.1) is 6.92 Å². The van der Waals surface area contributed by atoms with Crippen LogP contribution in [0.3, 0.4) is 0 Å². The highest BCUT2D eigenvalue weighted by atomic mass is 127. The van der Waals surface area contributed by atoms with Crippen LogP contribution in [0.1, 0.15) is 36.8 Å². The minimum absolute atomic E-state index is 0. The molecule has 22 heavy (non-hydrogen) atoms. The Hall–Kier alpha value is -1.04. The number of hydrogen-bond acceptors (Lipinski definition) is 1. The number of rotatable bonds is 7. The van der Waals surface area contributed by atoms with Crippen molar-refractivity contribution in [2.24, 2.45) is 4.99 Å². The average Bonchev–Trinajstić information content (AvgIpc) is 2.48. The molecule has 1 aromatic rings. The van der Waals surface area contributed by atoms with Gasteiger partial charge in [0.05, 0.1) is 0 Å². The van der Waals surface area contributed by atoms with Gasteiger partial charge in [-0.15, -0.1) is 30.6 Å². The third kappa shape index (κ3) is 7.29. The summed E-state index contributed by atoms with van der Waals surface area (Å²) in [5.74, 6) is 1.42. The molecule has 0 aliphatic carbocycles. The van der Waals surface area contributed by atoms with E-state index in [4.69, 9.17) is 0 Å². The van der Waals surface area contributed by atoms with Crippen LogP contribution in [-0.4, -0.2) is 38.0 Å². The number of nitrogens with zero attached hydrogens (tertiary/aromatic N) is 2. The molecule has 1 unspecified atom stereocenters. The average molecular weight is 415 g/mol. The van der Waals surface area contributed by atoms with Crippen molar-refractivity contribution in [2.75, 3.05) is 27.2 Å². The fraction of sp³-hybridized carbons (Fsp3) is 0.500. The second-order valence-corrected chi connectivity index (χ2v) is 5.59. The van der Waals surface area contributed by atoms with Crippen LogP contribution in [0.25, 0.3) is 0 Å². The molecule has 0 amide bonds. The Morgan fingerprint density at radius 1 is 1.36 bits per heavy atom. The van der Waals surface area contributed by atoms with Crippen molar-refractivity contribution in [3.05, 3.63) is 48.0 Å². The van der Waals surface area contributed by atoms with E-state index in [1.165, 1.54) is 11.1 Å². The smallest absolute Gasteiger partial charge is 0.193 e. The van der Waals surface area contributed by atoms with Gasteiger partial charge in [0.25, 0.3) is 0 Å². The summed E-state index contributed by atoms with van der Waals surface area (Å²) in [6.45, 7) is 10.00. The Balaban J connectivity index is 0.00000441. The van der Waals surface area contributed by atoms with Crippen LogP contribution in [0.5, 0.6) is 0 Å². The van der Waals surface area contributed by atoms with E-state index >= 15 is 0 Å². The van der Waals surface area contributed by atoms with E-state index in [1.807, 2.05) is 13.1 Å². The minimum Gasteiger partial charge on any atom is -0.356 e. The number of hydrogen-bond donors (Lipinski definition) is 1. The fourth-order valence-electron chi connectivity index (χ4n) is 2.22. The van der Waals surface area contributed by atoms with Gasteiger partial charge in [-0.25, -0.2) is 0 Å². The first-order valence-electron chi connectivity index (χ1n) is 7.67. The molecule has 0 bridgehead atoms. The lowest BCUT2D eigenvalue weighted by Gasteiger charge is -2.23. The monoisotopic (exact) mass is 415 g/mol. The van der Waals surface area contributed by atoms with Crippen LogP contribution in [0.15, 0.2) is 41.9 Å². The van der Waals surface area contributed by atoms with E-state index in [0.717, 1.165) is 31.9 Å². The predicted molar refractivity (Wildman–Crippen MR) is 108 cm³/mol. The van der Waals surface area contributed by atoms with Crippen molar-refractivity contribution in [2.45, 2.75) is 32.6 Å². The number of unbranched alkanes of at least 4 members (excludes halogenated alkanes) is 1. The molecule has 0 radical (unpaired) electrons. The Kier molecular flexibility index (Phi) is 11.0. The number of guanidine groups is 1. The summed E-state index contributed by atoms with van der Waals surface area (Å²) < 4.78 is 0. The van der Waals surface area contributed by atoms with Gasteiger partial charge in [-0.2, -0.15) is 0 Å². The first-order valence-corrected chi connectivity index (χ1v) is 7.67. The summed E-state index contributed by atoms with van der Waals surface area (Å²) in [5, 5.41) is 3.46. The van der Waals surface area contributed by atoms with Gasteiger partial charge in [0, 0.05) is 27.2 Å². The Labute approximate surface area is 152 Å². The zero-order valence-corrected chi connectivity index (χ0v) is 16.6. The molecule has 124 valence electrons. The van der Waals surface area contributed by atoms with Crippen LogP contribution >= 0.6 is 24.0 Å². The summed E-state index contributed by atoms with van der Waals surface area (Å²) in [6, 6.07) is 8.75. The highest BCUT2D eigenvalue weighted by Gasteiger charge is 2.09. The number of allylic oxidation sites excluding steroid dienone is 1. The fourth-order valence-corrected chi connectivity index (χ4v) is 2.22. The third-order valence-corrected chi connectivity index (χ3v) is 3.69. The first-order chi connectivity index (χ1) is 10.1. The molecule has 0 aliphatic heterocycles. The van der Waals surface area contributed by atoms with Crippen molar-refractivity contribution in [3.8, 4) is 0 Å². The van der Waals surface area contributed by atoms with E-state index in [1.54, 1.807) is 0 Å². The molecule has 3 nitrogen and oxygen atoms in total. The molecule has 1 N–H and O–H groups in total. The zero-order chi connectivity index (χ0) is 15.7. The molecule has 0 saturated heterocycles. The van der Waals surface area contributed by atoms with Crippen molar-refractivity contribution >= 4 is 29.9 Å². The van der Waals surface area contributed by atoms with E-state index in [-0.39, 0.29) is 24.0 Å². The van der Waals surface area contributed by atoms with Gasteiger partial charge in [0.1, 0.15) is 0 Å². The molecule has 4 heteroatoms. The van der Waals surface area contributed by atoms with E-state index in [0.29, 0.717) is 5.92 Å². The van der Waals surface area contributed by atoms with Gasteiger partial charge >= 0.3 is 0 Å². The van der Waals surface area contributed by atoms with E-state index < -0.39 is 0 Å². The van der Waals surface area contributed by atoms with Crippen molar-refractivity contribution in [1.29, 1.82) is 0 Å². The maximum atomic E-state index is 4.35. The predicted octanol–water partition coefficient (Wildman–Crippen LogP) is 4.19. The summed E-state index contributed by atoms with van der Waals surface area (Å²) in [7, 11) is 3.91. The summed E-state index contributed by atoms with van der Waals surface area (Å²) in [5.41, 5.74) is 2.66. The SMILES string of the molecule is C=CCCCN(C)C(=NC)NCC(C)c1ccc(C)cc1.I. The molecule has 0 heterocycles. The summed E-state index contributed by atoms with van der Waals surface area (Å²) >= 11 is 0. The van der Waals surface area contributed by atoms with Gasteiger partial charge in [0.2, 0.25) is 0 Å². The highest BCUT2D eigenvalue weighted by Crippen LogP contribution is 2.14. The van der Waals surface area contributed by atoms with Crippen LogP contribution in [0.2, 0.25) is 0 Å². The minimum atomic E-state index is 0. The van der Waals surface area contributed by atoms with Gasteiger partial charge in [0.15, 0.2) is 5.96 Å². The summed E-state index contributed by atoms with van der Waals surface area (Å²) in [4.78, 5) is 6.52. The maximum Gasteiger partial charge on any atom is 0.193 e. The Morgan fingerprint density at radius 3 is 2.55 bits per heavy atom. The first kappa shape index (κ1) is 21.0. The number of halogens is 1. The van der Waals surface area contributed by atoms with Gasteiger partial charge in [-0.1, -0.05) is 42.8 Å². The van der Waals surface area contributed by atoms with Crippen molar-refractivity contribution in [1.82, 2.24) is 10.2 Å². The van der Waals surface area contributed by atoms with E-state index in [2.05, 4.69) is 66.9 Å². The molecule has 1 rings (SSSR count). The lowest BCUT2D eigenvalue weighted by Crippen LogP contribution is -2.40.